The largest absolute Gasteiger partial charge is 0.350 e. The van der Waals surface area contributed by atoms with Gasteiger partial charge in [0.05, 0.1) is 6.04 Å². The van der Waals surface area contributed by atoms with Crippen molar-refractivity contribution in [2.45, 2.75) is 32.7 Å². The number of rotatable bonds is 5. The third kappa shape index (κ3) is 3.91. The van der Waals surface area contributed by atoms with Crippen LogP contribution in [0.2, 0.25) is 0 Å². The minimum absolute atomic E-state index is 0.156. The normalized spacial score (nSPS) is 11.9. The maximum absolute atomic E-state index is 12.0. The number of H-pyrrole nitrogens is 2. The first-order valence-corrected chi connectivity index (χ1v) is 6.98. The highest BCUT2D eigenvalue weighted by Crippen LogP contribution is 2.10. The van der Waals surface area contributed by atoms with Gasteiger partial charge in [0, 0.05) is 30.1 Å². The van der Waals surface area contributed by atoms with Gasteiger partial charge in [-0.15, -0.1) is 0 Å². The smallest absolute Gasteiger partial charge is 0.325 e. The Hall–Kier alpha value is -2.70. The Labute approximate surface area is 126 Å². The molecule has 0 saturated heterocycles. The minimum atomic E-state index is -0.541. The Balaban J connectivity index is 1.96. The van der Waals surface area contributed by atoms with Gasteiger partial charge in [0.1, 0.15) is 0 Å². The van der Waals surface area contributed by atoms with Gasteiger partial charge in [-0.25, -0.2) is 4.79 Å². The fourth-order valence-corrected chi connectivity index (χ4v) is 2.19. The first kappa shape index (κ1) is 15.7. The number of aromatic nitrogens is 3. The van der Waals surface area contributed by atoms with Crippen molar-refractivity contribution in [1.29, 1.82) is 0 Å². The molecule has 1 amide bonds. The second-order valence-corrected chi connectivity index (χ2v) is 5.09. The second-order valence-electron chi connectivity index (χ2n) is 5.09. The summed E-state index contributed by atoms with van der Waals surface area (Å²) in [5.74, 6) is -0.165. The van der Waals surface area contributed by atoms with Crippen molar-refractivity contribution in [2.75, 3.05) is 0 Å². The first-order valence-electron chi connectivity index (χ1n) is 6.98. The summed E-state index contributed by atoms with van der Waals surface area (Å²) in [6, 6.07) is 3.53. The van der Waals surface area contributed by atoms with Crippen LogP contribution < -0.4 is 16.6 Å². The third-order valence-electron chi connectivity index (χ3n) is 3.42. The quantitative estimate of drug-likeness (QED) is 0.750. The van der Waals surface area contributed by atoms with Crippen LogP contribution in [0.4, 0.5) is 0 Å². The Morgan fingerprint density at radius 3 is 2.77 bits per heavy atom. The van der Waals surface area contributed by atoms with Gasteiger partial charge in [-0.3, -0.25) is 19.6 Å². The topological polar surface area (TPSA) is 108 Å². The van der Waals surface area contributed by atoms with E-state index in [1.54, 1.807) is 25.4 Å². The fraction of sp³-hybridized carbons (Fsp3) is 0.333. The van der Waals surface area contributed by atoms with E-state index in [1.807, 2.05) is 13.0 Å². The molecule has 0 aliphatic carbocycles. The van der Waals surface area contributed by atoms with E-state index in [4.69, 9.17) is 0 Å². The molecule has 0 radical (unpaired) electrons. The first-order chi connectivity index (χ1) is 10.5. The number of carbonyl (C=O) groups excluding carboxylic acids is 1. The molecular formula is C15H18N4O3. The SMILES string of the molecule is Cc1[nH]c(=O)[nH]c(=O)c1CCC(=O)NC(C)c1cccnc1. The third-order valence-corrected chi connectivity index (χ3v) is 3.42. The molecule has 2 aromatic rings. The van der Waals surface area contributed by atoms with Crippen molar-refractivity contribution in [3.8, 4) is 0 Å². The van der Waals surface area contributed by atoms with Crippen LogP contribution in [0.3, 0.4) is 0 Å². The number of pyridine rings is 1. The van der Waals surface area contributed by atoms with Gasteiger partial charge < -0.3 is 10.3 Å². The number of nitrogens with zero attached hydrogens (tertiary/aromatic N) is 1. The van der Waals surface area contributed by atoms with Gasteiger partial charge in [-0.1, -0.05) is 6.07 Å². The van der Waals surface area contributed by atoms with E-state index in [2.05, 4.69) is 20.3 Å². The molecule has 0 bridgehead atoms. The van der Waals surface area contributed by atoms with Crippen LogP contribution in [0.15, 0.2) is 34.1 Å². The maximum atomic E-state index is 12.0. The zero-order valence-corrected chi connectivity index (χ0v) is 12.5. The van der Waals surface area contributed by atoms with Gasteiger partial charge in [0.2, 0.25) is 5.91 Å². The van der Waals surface area contributed by atoms with Crippen molar-refractivity contribution in [2.24, 2.45) is 0 Å². The Kier molecular flexibility index (Phi) is 4.88. The summed E-state index contributed by atoms with van der Waals surface area (Å²) in [4.78, 5) is 43.5. The van der Waals surface area contributed by atoms with E-state index in [1.165, 1.54) is 0 Å². The molecule has 0 aromatic carbocycles. The van der Waals surface area contributed by atoms with Gasteiger partial charge in [0.25, 0.3) is 5.56 Å². The lowest BCUT2D eigenvalue weighted by atomic mass is 10.1. The van der Waals surface area contributed by atoms with E-state index in [0.29, 0.717) is 11.3 Å². The summed E-state index contributed by atoms with van der Waals surface area (Å²) >= 11 is 0. The van der Waals surface area contributed by atoms with Gasteiger partial charge in [0.15, 0.2) is 0 Å². The monoisotopic (exact) mass is 302 g/mol. The predicted octanol–water partition coefficient (Wildman–Crippen LogP) is 0.577. The summed E-state index contributed by atoms with van der Waals surface area (Å²) < 4.78 is 0. The number of hydrogen-bond donors (Lipinski definition) is 3. The molecule has 0 fully saturated rings. The van der Waals surface area contributed by atoms with E-state index in [9.17, 15) is 14.4 Å². The van der Waals surface area contributed by atoms with Crippen LogP contribution in [0, 0.1) is 6.92 Å². The van der Waals surface area contributed by atoms with E-state index < -0.39 is 11.2 Å². The predicted molar refractivity (Wildman–Crippen MR) is 81.5 cm³/mol. The average Bonchev–Trinajstić information content (AvgIpc) is 2.47. The lowest BCUT2D eigenvalue weighted by Gasteiger charge is -2.13. The standard InChI is InChI=1S/C15H18N4O3/c1-9(11-4-3-7-16-8-11)17-13(20)6-5-12-10(2)18-15(22)19-14(12)21/h3-4,7-9H,5-6H2,1-2H3,(H,17,20)(H2,18,19,21,22). The highest BCUT2D eigenvalue weighted by molar-refractivity contribution is 5.76. The summed E-state index contributed by atoms with van der Waals surface area (Å²) in [6.07, 6.45) is 3.80. The van der Waals surface area contributed by atoms with Crippen molar-refractivity contribution in [3.63, 3.8) is 0 Å². The fourth-order valence-electron chi connectivity index (χ4n) is 2.19. The average molecular weight is 302 g/mol. The molecule has 22 heavy (non-hydrogen) atoms. The summed E-state index contributed by atoms with van der Waals surface area (Å²) in [5, 5.41) is 2.85. The number of carbonyl (C=O) groups is 1. The molecule has 7 heteroatoms. The number of aromatic amines is 2. The molecule has 2 rings (SSSR count). The molecule has 0 aliphatic heterocycles. The van der Waals surface area contributed by atoms with Crippen molar-refractivity contribution in [1.82, 2.24) is 20.3 Å². The van der Waals surface area contributed by atoms with Crippen LogP contribution in [0.5, 0.6) is 0 Å². The molecule has 7 nitrogen and oxygen atoms in total. The van der Waals surface area contributed by atoms with Crippen molar-refractivity contribution < 1.29 is 4.79 Å². The number of nitrogens with one attached hydrogen (secondary N) is 3. The van der Waals surface area contributed by atoms with E-state index in [0.717, 1.165) is 5.56 Å². The van der Waals surface area contributed by atoms with Crippen LogP contribution >= 0.6 is 0 Å². The highest BCUT2D eigenvalue weighted by Gasteiger charge is 2.12. The molecule has 0 spiro atoms. The molecule has 0 saturated carbocycles. The van der Waals surface area contributed by atoms with Crippen molar-refractivity contribution in [3.05, 3.63) is 62.2 Å². The summed E-state index contributed by atoms with van der Waals surface area (Å²) in [7, 11) is 0. The summed E-state index contributed by atoms with van der Waals surface area (Å²) in [6.45, 7) is 3.51. The van der Waals surface area contributed by atoms with Crippen LogP contribution in [0.25, 0.3) is 0 Å². The van der Waals surface area contributed by atoms with Crippen LogP contribution in [-0.4, -0.2) is 20.9 Å². The number of amides is 1. The Bertz CT molecular complexity index is 764. The Morgan fingerprint density at radius 1 is 1.36 bits per heavy atom. The maximum Gasteiger partial charge on any atom is 0.325 e. The molecule has 1 unspecified atom stereocenters. The molecule has 116 valence electrons. The second kappa shape index (κ2) is 6.84. The molecule has 2 heterocycles. The van der Waals surface area contributed by atoms with Crippen LogP contribution in [0.1, 0.15) is 36.2 Å². The molecular weight excluding hydrogens is 284 g/mol. The molecule has 2 aromatic heterocycles. The van der Waals surface area contributed by atoms with E-state index >= 15 is 0 Å². The molecule has 1 atom stereocenters. The molecule has 0 aliphatic rings. The zero-order valence-electron chi connectivity index (χ0n) is 12.5. The lowest BCUT2D eigenvalue weighted by Crippen LogP contribution is -2.30. The minimum Gasteiger partial charge on any atom is -0.350 e. The number of hydrogen-bond acceptors (Lipinski definition) is 4. The van der Waals surface area contributed by atoms with Gasteiger partial charge >= 0.3 is 5.69 Å². The highest BCUT2D eigenvalue weighted by atomic mass is 16.2. The zero-order chi connectivity index (χ0) is 16.1. The van der Waals surface area contributed by atoms with Gasteiger partial charge in [-0.05, 0) is 31.9 Å². The molecule has 3 N–H and O–H groups in total. The van der Waals surface area contributed by atoms with Crippen LogP contribution in [-0.2, 0) is 11.2 Å². The Morgan fingerprint density at radius 2 is 2.14 bits per heavy atom. The van der Waals surface area contributed by atoms with E-state index in [-0.39, 0.29) is 24.8 Å². The summed E-state index contributed by atoms with van der Waals surface area (Å²) in [5.41, 5.74) is 0.829. The van der Waals surface area contributed by atoms with Gasteiger partial charge in [-0.2, -0.15) is 0 Å². The van der Waals surface area contributed by atoms with Crippen molar-refractivity contribution >= 4 is 5.91 Å². The number of aryl methyl sites for hydroxylation is 1. The lowest BCUT2D eigenvalue weighted by molar-refractivity contribution is -0.121.